The van der Waals surface area contributed by atoms with Gasteiger partial charge in [0.05, 0.1) is 32.1 Å². The van der Waals surface area contributed by atoms with Crippen molar-refractivity contribution in [2.45, 2.75) is 23.8 Å². The van der Waals surface area contributed by atoms with Crippen LogP contribution in [0, 0.1) is 0 Å². The Bertz CT molecular complexity index is 646. The lowest BCUT2D eigenvalue weighted by atomic mass is 10.2. The van der Waals surface area contributed by atoms with Crippen molar-refractivity contribution in [1.29, 1.82) is 0 Å². The van der Waals surface area contributed by atoms with Crippen LogP contribution in [0.25, 0.3) is 0 Å². The summed E-state index contributed by atoms with van der Waals surface area (Å²) in [6, 6.07) is 5.40. The van der Waals surface area contributed by atoms with E-state index in [1.807, 2.05) is 14.1 Å². The molecule has 128 valence electrons. The molecular formula is C15H23ClN3O3S+. The minimum Gasteiger partial charge on any atom is -0.349 e. The first-order chi connectivity index (χ1) is 10.8. The zero-order valence-corrected chi connectivity index (χ0v) is 15.0. The summed E-state index contributed by atoms with van der Waals surface area (Å²) in [6.45, 7) is 1.69. The van der Waals surface area contributed by atoms with Gasteiger partial charge >= 0.3 is 0 Å². The molecule has 0 aromatic heterocycles. The van der Waals surface area contributed by atoms with E-state index in [9.17, 15) is 13.2 Å². The van der Waals surface area contributed by atoms with Crippen molar-refractivity contribution < 1.29 is 18.1 Å². The Labute approximate surface area is 142 Å². The number of nitrogens with one attached hydrogen (secondary N) is 2. The van der Waals surface area contributed by atoms with Gasteiger partial charge in [-0.3, -0.25) is 4.79 Å². The largest absolute Gasteiger partial charge is 0.349 e. The van der Waals surface area contributed by atoms with E-state index < -0.39 is 16.1 Å². The van der Waals surface area contributed by atoms with Crippen molar-refractivity contribution in [2.24, 2.45) is 0 Å². The van der Waals surface area contributed by atoms with Gasteiger partial charge in [0.15, 0.2) is 0 Å². The monoisotopic (exact) mass is 360 g/mol. The molecule has 2 N–H and O–H groups in total. The molecule has 0 spiro atoms. The number of benzene rings is 1. The van der Waals surface area contributed by atoms with E-state index in [2.05, 4.69) is 5.32 Å². The second-order valence-corrected chi connectivity index (χ2v) is 8.30. The van der Waals surface area contributed by atoms with Crippen LogP contribution in [0.5, 0.6) is 0 Å². The fourth-order valence-corrected chi connectivity index (χ4v) is 4.37. The van der Waals surface area contributed by atoms with Crippen molar-refractivity contribution in [1.82, 2.24) is 9.62 Å². The normalized spacial score (nSPS) is 19.2. The highest BCUT2D eigenvalue weighted by Gasteiger charge is 2.39. The van der Waals surface area contributed by atoms with Crippen molar-refractivity contribution in [3.05, 3.63) is 29.3 Å². The zero-order chi connectivity index (χ0) is 17.0. The first-order valence-electron chi connectivity index (χ1n) is 7.66. The Morgan fingerprint density at radius 2 is 2.00 bits per heavy atom. The minimum atomic E-state index is -3.68. The van der Waals surface area contributed by atoms with Crippen LogP contribution in [0.4, 0.5) is 0 Å². The van der Waals surface area contributed by atoms with Gasteiger partial charge in [0.1, 0.15) is 6.04 Å². The van der Waals surface area contributed by atoms with Crippen molar-refractivity contribution in [2.75, 3.05) is 33.7 Å². The van der Waals surface area contributed by atoms with Crippen molar-refractivity contribution in [3.63, 3.8) is 0 Å². The highest BCUT2D eigenvalue weighted by Crippen LogP contribution is 2.26. The smallest absolute Gasteiger partial charge is 0.243 e. The Hall–Kier alpha value is -1.15. The Morgan fingerprint density at radius 1 is 1.35 bits per heavy atom. The maximum absolute atomic E-state index is 12.7. The fraction of sp³-hybridized carbons (Fsp3) is 0.533. The zero-order valence-electron chi connectivity index (χ0n) is 13.4. The van der Waals surface area contributed by atoms with Gasteiger partial charge < -0.3 is 10.2 Å². The van der Waals surface area contributed by atoms with Crippen LogP contribution in [-0.4, -0.2) is 58.4 Å². The maximum atomic E-state index is 12.7. The fourth-order valence-electron chi connectivity index (χ4n) is 2.59. The van der Waals surface area contributed by atoms with Gasteiger partial charge in [-0.2, -0.15) is 4.31 Å². The topological polar surface area (TPSA) is 70.9 Å². The number of hydrogen-bond acceptors (Lipinski definition) is 3. The predicted octanol–water partition coefficient (Wildman–Crippen LogP) is -0.246. The molecule has 1 heterocycles. The number of likely N-dealkylation sites (N-methyl/N-ethyl adjacent to an activating group) is 1. The van der Waals surface area contributed by atoms with E-state index in [1.165, 1.54) is 21.3 Å². The summed E-state index contributed by atoms with van der Waals surface area (Å²) in [5, 5.41) is 3.31. The number of halogens is 1. The van der Waals surface area contributed by atoms with Crippen LogP contribution in [-0.2, 0) is 14.8 Å². The first kappa shape index (κ1) is 18.2. The molecule has 1 aliphatic heterocycles. The molecule has 1 atom stereocenters. The van der Waals surface area contributed by atoms with Gasteiger partial charge in [0.25, 0.3) is 0 Å². The van der Waals surface area contributed by atoms with E-state index in [0.717, 1.165) is 6.54 Å². The number of rotatable bonds is 6. The Kier molecular flexibility index (Phi) is 6.02. The van der Waals surface area contributed by atoms with Gasteiger partial charge in [-0.15, -0.1) is 0 Å². The third kappa shape index (κ3) is 4.44. The van der Waals surface area contributed by atoms with Crippen molar-refractivity contribution in [3.8, 4) is 0 Å². The lowest BCUT2D eigenvalue weighted by Crippen LogP contribution is -3.06. The predicted molar refractivity (Wildman–Crippen MR) is 89.1 cm³/mol. The second kappa shape index (κ2) is 7.61. The Morgan fingerprint density at radius 3 is 2.61 bits per heavy atom. The molecule has 0 aliphatic carbocycles. The molecule has 1 aromatic carbocycles. The molecule has 0 bridgehead atoms. The number of carbonyl (C=O) groups excluding carboxylic acids is 1. The van der Waals surface area contributed by atoms with Gasteiger partial charge in [0, 0.05) is 11.6 Å². The lowest BCUT2D eigenvalue weighted by Gasteiger charge is -2.23. The van der Waals surface area contributed by atoms with E-state index in [-0.39, 0.29) is 10.8 Å². The van der Waals surface area contributed by atoms with Crippen LogP contribution < -0.4 is 10.2 Å². The summed E-state index contributed by atoms with van der Waals surface area (Å²) < 4.78 is 26.8. The van der Waals surface area contributed by atoms with Crippen LogP contribution in [0.1, 0.15) is 12.8 Å². The number of carbonyl (C=O) groups is 1. The molecule has 1 saturated heterocycles. The maximum Gasteiger partial charge on any atom is 0.243 e. The average Bonchev–Trinajstić information content (AvgIpc) is 2.97. The molecule has 1 aliphatic rings. The number of sulfonamides is 1. The summed E-state index contributed by atoms with van der Waals surface area (Å²) in [6.07, 6.45) is 1.23. The molecule has 0 saturated carbocycles. The molecule has 8 heteroatoms. The third-order valence-corrected chi connectivity index (χ3v) is 6.03. The lowest BCUT2D eigenvalue weighted by molar-refractivity contribution is -0.856. The highest BCUT2D eigenvalue weighted by atomic mass is 35.5. The first-order valence-corrected chi connectivity index (χ1v) is 9.48. The Balaban J connectivity index is 2.11. The molecule has 6 nitrogen and oxygen atoms in total. The highest BCUT2D eigenvalue weighted by molar-refractivity contribution is 7.89. The summed E-state index contributed by atoms with van der Waals surface area (Å²) in [5.41, 5.74) is 0. The SMILES string of the molecule is C[NH+](C)CCNC(=O)[C@@H]1CCCN1S(=O)(=O)c1ccc(Cl)cc1. The van der Waals surface area contributed by atoms with E-state index >= 15 is 0 Å². The number of hydrogen-bond donors (Lipinski definition) is 2. The molecule has 1 amide bonds. The number of quaternary nitrogens is 1. The minimum absolute atomic E-state index is 0.166. The van der Waals surface area contributed by atoms with Crippen LogP contribution in [0.3, 0.4) is 0 Å². The average molecular weight is 361 g/mol. The van der Waals surface area contributed by atoms with Crippen molar-refractivity contribution >= 4 is 27.5 Å². The quantitative estimate of drug-likeness (QED) is 0.735. The number of amides is 1. The summed E-state index contributed by atoms with van der Waals surface area (Å²) >= 11 is 5.81. The molecular weight excluding hydrogens is 338 g/mol. The van der Waals surface area contributed by atoms with Gasteiger partial charge in [-0.25, -0.2) is 8.42 Å². The van der Waals surface area contributed by atoms with Gasteiger partial charge in [0.2, 0.25) is 15.9 Å². The standard InChI is InChI=1S/C15H22ClN3O3S/c1-18(2)11-9-17-15(20)14-4-3-10-19(14)23(21,22)13-7-5-12(16)6-8-13/h5-8,14H,3-4,9-11H2,1-2H3,(H,17,20)/p+1/t14-/m0/s1. The molecule has 23 heavy (non-hydrogen) atoms. The molecule has 0 radical (unpaired) electrons. The molecule has 1 fully saturated rings. The van der Waals surface area contributed by atoms with Gasteiger partial charge in [-0.1, -0.05) is 11.6 Å². The van der Waals surface area contributed by atoms with E-state index in [0.29, 0.717) is 31.0 Å². The molecule has 0 unspecified atom stereocenters. The number of nitrogens with zero attached hydrogens (tertiary/aromatic N) is 1. The van der Waals surface area contributed by atoms with Gasteiger partial charge in [-0.05, 0) is 37.1 Å². The second-order valence-electron chi connectivity index (χ2n) is 5.98. The van der Waals surface area contributed by atoms with E-state index in [1.54, 1.807) is 12.1 Å². The van der Waals surface area contributed by atoms with Crippen LogP contribution in [0.2, 0.25) is 5.02 Å². The summed E-state index contributed by atoms with van der Waals surface area (Å²) in [5.74, 6) is -0.221. The van der Waals surface area contributed by atoms with E-state index in [4.69, 9.17) is 11.6 Å². The van der Waals surface area contributed by atoms with Crippen LogP contribution >= 0.6 is 11.6 Å². The molecule has 2 rings (SSSR count). The molecule has 1 aromatic rings. The van der Waals surface area contributed by atoms with Crippen LogP contribution in [0.15, 0.2) is 29.2 Å². The summed E-state index contributed by atoms with van der Waals surface area (Å²) in [4.78, 5) is 13.7. The third-order valence-electron chi connectivity index (χ3n) is 3.85. The summed E-state index contributed by atoms with van der Waals surface area (Å²) in [7, 11) is 0.316.